The second-order valence-electron chi connectivity index (χ2n) is 4.23. The third kappa shape index (κ3) is 3.49. The van der Waals surface area contributed by atoms with Crippen molar-refractivity contribution in [3.63, 3.8) is 0 Å². The summed E-state index contributed by atoms with van der Waals surface area (Å²) in [5.41, 5.74) is 1.62. The summed E-state index contributed by atoms with van der Waals surface area (Å²) in [6, 6.07) is 11.9. The SMILES string of the molecule is COc1ccc(/C=C(/C#N)c2ccc(Cl)cc2Cl)cc1O. The molecule has 0 amide bonds. The summed E-state index contributed by atoms with van der Waals surface area (Å²) in [6.07, 6.45) is 1.63. The predicted molar refractivity (Wildman–Crippen MR) is 84.6 cm³/mol. The highest BCUT2D eigenvalue weighted by atomic mass is 35.5. The molecule has 106 valence electrons. The number of ether oxygens (including phenoxy) is 1. The van der Waals surface area contributed by atoms with Crippen molar-refractivity contribution in [3.8, 4) is 17.6 Å². The number of phenols is 1. The number of benzene rings is 2. The van der Waals surface area contributed by atoms with Gasteiger partial charge in [-0.25, -0.2) is 0 Å². The first-order valence-corrected chi connectivity index (χ1v) is 6.75. The van der Waals surface area contributed by atoms with Gasteiger partial charge in [0.15, 0.2) is 11.5 Å². The molecule has 0 bridgehead atoms. The van der Waals surface area contributed by atoms with Crippen LogP contribution in [0.4, 0.5) is 0 Å². The molecule has 0 unspecified atom stereocenters. The summed E-state index contributed by atoms with van der Waals surface area (Å²) in [6.45, 7) is 0. The lowest BCUT2D eigenvalue weighted by molar-refractivity contribution is 0.373. The van der Waals surface area contributed by atoms with Gasteiger partial charge in [0.2, 0.25) is 0 Å². The number of allylic oxidation sites excluding steroid dienone is 1. The van der Waals surface area contributed by atoms with E-state index in [1.165, 1.54) is 13.2 Å². The minimum Gasteiger partial charge on any atom is -0.504 e. The van der Waals surface area contributed by atoms with Crippen LogP contribution in [0, 0.1) is 11.3 Å². The van der Waals surface area contributed by atoms with Crippen molar-refractivity contribution in [1.82, 2.24) is 0 Å². The van der Waals surface area contributed by atoms with Crippen LogP contribution in [0.5, 0.6) is 11.5 Å². The Morgan fingerprint density at radius 2 is 2.00 bits per heavy atom. The minimum atomic E-state index is 0.00532. The molecule has 0 aliphatic rings. The zero-order chi connectivity index (χ0) is 15.4. The van der Waals surface area contributed by atoms with E-state index in [9.17, 15) is 10.4 Å². The molecule has 1 N–H and O–H groups in total. The topological polar surface area (TPSA) is 53.2 Å². The fourth-order valence-electron chi connectivity index (χ4n) is 1.84. The number of aromatic hydroxyl groups is 1. The molecule has 0 aliphatic heterocycles. The van der Waals surface area contributed by atoms with Gasteiger partial charge in [-0.2, -0.15) is 5.26 Å². The maximum absolute atomic E-state index is 9.76. The molecule has 0 saturated carbocycles. The molecule has 0 saturated heterocycles. The Bertz CT molecular complexity index is 748. The van der Waals surface area contributed by atoms with E-state index in [1.807, 2.05) is 0 Å². The van der Waals surface area contributed by atoms with Crippen LogP contribution in [0.2, 0.25) is 10.0 Å². The van der Waals surface area contributed by atoms with Gasteiger partial charge in [-0.15, -0.1) is 0 Å². The number of rotatable bonds is 3. The molecular formula is C16H11Cl2NO2. The monoisotopic (exact) mass is 319 g/mol. The van der Waals surface area contributed by atoms with E-state index in [2.05, 4.69) is 6.07 Å². The number of nitrogens with zero attached hydrogens (tertiary/aromatic N) is 1. The number of nitriles is 1. The van der Waals surface area contributed by atoms with Gasteiger partial charge in [-0.3, -0.25) is 0 Å². The van der Waals surface area contributed by atoms with Crippen LogP contribution in [0.3, 0.4) is 0 Å². The van der Waals surface area contributed by atoms with Crippen molar-refractivity contribution in [3.05, 3.63) is 57.6 Å². The Kier molecular flexibility index (Phi) is 4.74. The summed E-state index contributed by atoms with van der Waals surface area (Å²) >= 11 is 11.9. The number of hydrogen-bond acceptors (Lipinski definition) is 3. The molecule has 2 aromatic carbocycles. The van der Waals surface area contributed by atoms with Crippen LogP contribution >= 0.6 is 23.2 Å². The Labute approximate surface area is 132 Å². The van der Waals surface area contributed by atoms with Crippen LogP contribution in [0.1, 0.15) is 11.1 Å². The van der Waals surface area contributed by atoms with Crippen LogP contribution in [0.15, 0.2) is 36.4 Å². The molecule has 0 aromatic heterocycles. The standard InChI is InChI=1S/C16H11Cl2NO2/c1-21-16-5-2-10(7-15(16)20)6-11(9-19)13-4-3-12(17)8-14(13)18/h2-8,20H,1H3/b11-6-. The van der Waals surface area contributed by atoms with Crippen molar-refractivity contribution in [2.45, 2.75) is 0 Å². The number of methoxy groups -OCH3 is 1. The molecule has 5 heteroatoms. The lowest BCUT2D eigenvalue weighted by Gasteiger charge is -2.06. The van der Waals surface area contributed by atoms with Crippen LogP contribution in [-0.2, 0) is 0 Å². The summed E-state index contributed by atoms with van der Waals surface area (Å²) in [5.74, 6) is 0.376. The second-order valence-corrected chi connectivity index (χ2v) is 5.07. The summed E-state index contributed by atoms with van der Waals surface area (Å²) in [7, 11) is 1.47. The molecule has 2 aromatic rings. The van der Waals surface area contributed by atoms with Gasteiger partial charge in [-0.05, 0) is 35.9 Å². The molecule has 0 heterocycles. The van der Waals surface area contributed by atoms with Crippen molar-refractivity contribution in [2.24, 2.45) is 0 Å². The van der Waals surface area contributed by atoms with Gasteiger partial charge in [0.05, 0.1) is 23.8 Å². The molecule has 2 rings (SSSR count). The highest BCUT2D eigenvalue weighted by Gasteiger charge is 2.08. The summed E-state index contributed by atoms with van der Waals surface area (Å²) in [5, 5.41) is 20.0. The number of halogens is 2. The molecule has 0 spiro atoms. The molecule has 0 atom stereocenters. The van der Waals surface area contributed by atoms with E-state index >= 15 is 0 Å². The molecule has 21 heavy (non-hydrogen) atoms. The van der Waals surface area contributed by atoms with Gasteiger partial charge in [0.25, 0.3) is 0 Å². The highest BCUT2D eigenvalue weighted by Crippen LogP contribution is 2.31. The van der Waals surface area contributed by atoms with Crippen molar-refractivity contribution in [1.29, 1.82) is 5.26 Å². The molecule has 3 nitrogen and oxygen atoms in total. The average molecular weight is 320 g/mol. The van der Waals surface area contributed by atoms with Crippen molar-refractivity contribution < 1.29 is 9.84 Å². The van der Waals surface area contributed by atoms with E-state index < -0.39 is 0 Å². The number of hydrogen-bond donors (Lipinski definition) is 1. The van der Waals surface area contributed by atoms with Crippen molar-refractivity contribution >= 4 is 34.9 Å². The Morgan fingerprint density at radius 1 is 1.24 bits per heavy atom. The van der Waals surface area contributed by atoms with Gasteiger partial charge >= 0.3 is 0 Å². The first-order chi connectivity index (χ1) is 10.0. The van der Waals surface area contributed by atoms with E-state index in [0.29, 0.717) is 32.5 Å². The van der Waals surface area contributed by atoms with Crippen LogP contribution in [-0.4, -0.2) is 12.2 Å². The van der Waals surface area contributed by atoms with E-state index in [4.69, 9.17) is 27.9 Å². The maximum Gasteiger partial charge on any atom is 0.160 e. The zero-order valence-corrected chi connectivity index (χ0v) is 12.6. The predicted octanol–water partition coefficient (Wildman–Crippen LogP) is 4.77. The molecule has 0 fully saturated rings. The van der Waals surface area contributed by atoms with E-state index in [0.717, 1.165) is 0 Å². The lowest BCUT2D eigenvalue weighted by atomic mass is 10.0. The van der Waals surface area contributed by atoms with E-state index in [-0.39, 0.29) is 5.75 Å². The van der Waals surface area contributed by atoms with Crippen LogP contribution < -0.4 is 4.74 Å². The maximum atomic E-state index is 9.76. The molecule has 0 radical (unpaired) electrons. The first kappa shape index (κ1) is 15.2. The third-order valence-electron chi connectivity index (χ3n) is 2.86. The Balaban J connectivity index is 2.46. The Morgan fingerprint density at radius 3 is 2.57 bits per heavy atom. The largest absolute Gasteiger partial charge is 0.504 e. The van der Waals surface area contributed by atoms with Gasteiger partial charge in [-0.1, -0.05) is 35.3 Å². The van der Waals surface area contributed by atoms with Crippen molar-refractivity contribution in [2.75, 3.05) is 7.11 Å². The normalized spacial score (nSPS) is 11.0. The third-order valence-corrected chi connectivity index (χ3v) is 3.40. The first-order valence-electron chi connectivity index (χ1n) is 5.99. The molecule has 0 aliphatic carbocycles. The van der Waals surface area contributed by atoms with Gasteiger partial charge in [0.1, 0.15) is 0 Å². The zero-order valence-electron chi connectivity index (χ0n) is 11.1. The smallest absolute Gasteiger partial charge is 0.160 e. The second kappa shape index (κ2) is 6.53. The summed E-state index contributed by atoms with van der Waals surface area (Å²) in [4.78, 5) is 0. The Hall–Kier alpha value is -2.15. The summed E-state index contributed by atoms with van der Waals surface area (Å²) < 4.78 is 4.98. The van der Waals surface area contributed by atoms with Gasteiger partial charge < -0.3 is 9.84 Å². The van der Waals surface area contributed by atoms with Gasteiger partial charge in [0, 0.05) is 10.6 Å². The fourth-order valence-corrected chi connectivity index (χ4v) is 2.35. The van der Waals surface area contributed by atoms with Crippen LogP contribution in [0.25, 0.3) is 11.6 Å². The average Bonchev–Trinajstić information content (AvgIpc) is 2.45. The molecular weight excluding hydrogens is 309 g/mol. The number of phenolic OH excluding ortho intramolecular Hbond substituents is 1. The van der Waals surface area contributed by atoms with E-state index in [1.54, 1.807) is 36.4 Å². The quantitative estimate of drug-likeness (QED) is 0.654. The highest BCUT2D eigenvalue weighted by molar-refractivity contribution is 6.36. The minimum absolute atomic E-state index is 0.00532. The fraction of sp³-hybridized carbons (Fsp3) is 0.0625. The lowest BCUT2D eigenvalue weighted by Crippen LogP contribution is -1.86.